The maximum atomic E-state index is 12.6. The van der Waals surface area contributed by atoms with Crippen LogP contribution in [0.1, 0.15) is 118 Å². The Morgan fingerprint density at radius 1 is 1.06 bits per heavy atom. The van der Waals surface area contributed by atoms with Gasteiger partial charge in [-0.3, -0.25) is 4.79 Å². The highest BCUT2D eigenvalue weighted by Gasteiger charge is 2.51. The maximum absolute atomic E-state index is 12.6. The average molecular weight is 505 g/mol. The lowest BCUT2D eigenvalue weighted by Crippen LogP contribution is -2.37. The minimum atomic E-state index is -1.28. The van der Waals surface area contributed by atoms with Gasteiger partial charge in [0.2, 0.25) is 0 Å². The number of hydrogen-bond donors (Lipinski definition) is 4. The molecule has 3 aliphatic carbocycles. The third-order valence-electron chi connectivity index (χ3n) is 9.47. The Labute approximate surface area is 219 Å². The molecular formula is C31H52O5. The summed E-state index contributed by atoms with van der Waals surface area (Å²) >= 11 is 0. The van der Waals surface area contributed by atoms with Crippen LogP contribution in [0.15, 0.2) is 23.3 Å². The van der Waals surface area contributed by atoms with Crippen molar-refractivity contribution in [1.29, 1.82) is 0 Å². The highest BCUT2D eigenvalue weighted by Crippen LogP contribution is 2.60. The molecule has 0 spiro atoms. The van der Waals surface area contributed by atoms with Crippen LogP contribution in [-0.2, 0) is 4.79 Å². The molecule has 0 aromatic carbocycles. The number of rotatable bonds is 10. The van der Waals surface area contributed by atoms with Crippen molar-refractivity contribution in [3.8, 4) is 0 Å². The van der Waals surface area contributed by atoms with Crippen molar-refractivity contribution in [3.63, 3.8) is 0 Å². The van der Waals surface area contributed by atoms with Crippen molar-refractivity contribution in [2.24, 2.45) is 23.2 Å². The minimum absolute atomic E-state index is 0.0811. The molecule has 0 aliphatic heterocycles. The van der Waals surface area contributed by atoms with E-state index < -0.39 is 23.4 Å². The summed E-state index contributed by atoms with van der Waals surface area (Å²) < 4.78 is 0. The summed E-state index contributed by atoms with van der Waals surface area (Å²) in [6, 6.07) is 0. The quantitative estimate of drug-likeness (QED) is 0.309. The number of ketones is 1. The van der Waals surface area contributed by atoms with E-state index in [0.717, 1.165) is 44.1 Å². The van der Waals surface area contributed by atoms with E-state index in [1.807, 2.05) is 13.8 Å². The standard InChI is InChI=1S/C31H52O5/c1-29(2,35)16-6-8-23(12-15-28(34)30(3,4)36)27-14-13-26-22(9-7-17-31(26,27)5)11-10-21-18-24(32)20-25(33)19-21/h10-11,23-27,32-33,35-36H,6-9,12-20H2,1-5H3/b21-10-,22-11+/t23-,24?,25+,26?,27?,31-/m0/s1. The number of Topliss-reactive ketones (excluding diaryl/α,β-unsaturated/α-hetero) is 1. The zero-order chi connectivity index (χ0) is 26.7. The van der Waals surface area contributed by atoms with Gasteiger partial charge in [0.15, 0.2) is 5.78 Å². The normalized spacial score (nSPS) is 34.7. The topological polar surface area (TPSA) is 98.0 Å². The van der Waals surface area contributed by atoms with Gasteiger partial charge in [0.25, 0.3) is 0 Å². The van der Waals surface area contributed by atoms with Gasteiger partial charge < -0.3 is 20.4 Å². The zero-order valence-electron chi connectivity index (χ0n) is 23.4. The van der Waals surface area contributed by atoms with E-state index in [2.05, 4.69) is 19.1 Å². The predicted molar refractivity (Wildman–Crippen MR) is 144 cm³/mol. The van der Waals surface area contributed by atoms with Crippen LogP contribution in [0.5, 0.6) is 0 Å². The second kappa shape index (κ2) is 11.8. The lowest BCUT2D eigenvalue weighted by atomic mass is 9.60. The molecule has 3 saturated carbocycles. The van der Waals surface area contributed by atoms with Crippen LogP contribution >= 0.6 is 0 Å². The molecule has 5 nitrogen and oxygen atoms in total. The number of allylic oxidation sites excluding steroid dienone is 3. The summed E-state index contributed by atoms with van der Waals surface area (Å²) in [7, 11) is 0. The molecule has 3 unspecified atom stereocenters. The molecule has 4 N–H and O–H groups in total. The third kappa shape index (κ3) is 7.75. The molecule has 0 radical (unpaired) electrons. The van der Waals surface area contributed by atoms with Gasteiger partial charge in [-0.1, -0.05) is 43.1 Å². The second-order valence-electron chi connectivity index (χ2n) is 13.6. The molecule has 0 aromatic heterocycles. The fraction of sp³-hybridized carbons (Fsp3) is 0.839. The van der Waals surface area contributed by atoms with E-state index in [1.165, 1.54) is 24.8 Å². The van der Waals surface area contributed by atoms with Crippen LogP contribution < -0.4 is 0 Å². The number of carbonyl (C=O) groups excluding carboxylic acids is 1. The molecule has 3 fully saturated rings. The number of aliphatic hydroxyl groups excluding tert-OH is 2. The number of hydrogen-bond acceptors (Lipinski definition) is 5. The molecule has 0 aromatic rings. The molecule has 206 valence electrons. The van der Waals surface area contributed by atoms with Gasteiger partial charge in [-0.2, -0.15) is 0 Å². The molecule has 0 saturated heterocycles. The number of carbonyl (C=O) groups is 1. The van der Waals surface area contributed by atoms with E-state index in [0.29, 0.717) is 43.4 Å². The first-order chi connectivity index (χ1) is 16.7. The van der Waals surface area contributed by atoms with Gasteiger partial charge in [0, 0.05) is 6.42 Å². The lowest BCUT2D eigenvalue weighted by molar-refractivity contribution is -0.134. The first kappa shape index (κ1) is 29.5. The molecule has 0 amide bonds. The summed E-state index contributed by atoms with van der Waals surface area (Å²) in [5, 5.41) is 40.6. The van der Waals surface area contributed by atoms with Gasteiger partial charge >= 0.3 is 0 Å². The fourth-order valence-corrected chi connectivity index (χ4v) is 7.55. The van der Waals surface area contributed by atoms with Crippen molar-refractivity contribution < 1.29 is 25.2 Å². The molecule has 0 bridgehead atoms. The van der Waals surface area contributed by atoms with Crippen molar-refractivity contribution >= 4 is 5.78 Å². The van der Waals surface area contributed by atoms with E-state index in [4.69, 9.17) is 0 Å². The Hall–Kier alpha value is -1.01. The summed E-state index contributed by atoms with van der Waals surface area (Å²) in [5.41, 5.74) is 0.894. The maximum Gasteiger partial charge on any atom is 0.163 e. The van der Waals surface area contributed by atoms with Crippen LogP contribution in [0.3, 0.4) is 0 Å². The Balaban J connectivity index is 1.76. The average Bonchev–Trinajstić information content (AvgIpc) is 3.09. The Morgan fingerprint density at radius 3 is 2.33 bits per heavy atom. The van der Waals surface area contributed by atoms with E-state index in [9.17, 15) is 25.2 Å². The van der Waals surface area contributed by atoms with Gasteiger partial charge in [0.05, 0.1) is 17.8 Å². The summed E-state index contributed by atoms with van der Waals surface area (Å²) in [6.07, 6.45) is 15.1. The minimum Gasteiger partial charge on any atom is -0.393 e. The van der Waals surface area contributed by atoms with Gasteiger partial charge in [-0.15, -0.1) is 0 Å². The number of fused-ring (bicyclic) bond motifs is 1. The van der Waals surface area contributed by atoms with Crippen molar-refractivity contribution in [2.45, 2.75) is 141 Å². The smallest absolute Gasteiger partial charge is 0.163 e. The largest absolute Gasteiger partial charge is 0.393 e. The van der Waals surface area contributed by atoms with Crippen LogP contribution in [0.4, 0.5) is 0 Å². The monoisotopic (exact) mass is 504 g/mol. The van der Waals surface area contributed by atoms with Crippen LogP contribution in [-0.4, -0.2) is 49.6 Å². The molecular weight excluding hydrogens is 452 g/mol. The second-order valence-corrected chi connectivity index (χ2v) is 13.6. The first-order valence-electron chi connectivity index (χ1n) is 14.4. The molecule has 36 heavy (non-hydrogen) atoms. The van der Waals surface area contributed by atoms with E-state index in [1.54, 1.807) is 13.8 Å². The summed E-state index contributed by atoms with van der Waals surface area (Å²) in [4.78, 5) is 12.6. The summed E-state index contributed by atoms with van der Waals surface area (Å²) in [6.45, 7) is 9.36. The Morgan fingerprint density at radius 2 is 1.72 bits per heavy atom. The van der Waals surface area contributed by atoms with Crippen LogP contribution in [0, 0.1) is 23.2 Å². The van der Waals surface area contributed by atoms with Crippen molar-refractivity contribution in [3.05, 3.63) is 23.3 Å². The first-order valence-corrected chi connectivity index (χ1v) is 14.4. The highest BCUT2D eigenvalue weighted by molar-refractivity contribution is 5.86. The van der Waals surface area contributed by atoms with Gasteiger partial charge in [-0.25, -0.2) is 0 Å². The molecule has 3 rings (SSSR count). The molecule has 3 aliphatic rings. The third-order valence-corrected chi connectivity index (χ3v) is 9.47. The Bertz CT molecular complexity index is 802. The summed E-state index contributed by atoms with van der Waals surface area (Å²) in [5.74, 6) is 1.40. The van der Waals surface area contributed by atoms with Crippen molar-refractivity contribution in [2.75, 3.05) is 0 Å². The van der Waals surface area contributed by atoms with Crippen LogP contribution in [0.25, 0.3) is 0 Å². The molecule has 0 heterocycles. The van der Waals surface area contributed by atoms with E-state index >= 15 is 0 Å². The van der Waals surface area contributed by atoms with Gasteiger partial charge in [-0.05, 0) is 115 Å². The molecule has 5 heteroatoms. The van der Waals surface area contributed by atoms with Gasteiger partial charge in [0.1, 0.15) is 5.60 Å². The fourth-order valence-electron chi connectivity index (χ4n) is 7.55. The SMILES string of the molecule is CC(C)(O)CCC[C@@H](CCC(=O)C(C)(C)O)C1CCC2/C(=C/C=C3/CC(O)C[C@H](O)C3)CCC[C@@]21C. The molecule has 6 atom stereocenters. The lowest BCUT2D eigenvalue weighted by Gasteiger charge is -2.45. The highest BCUT2D eigenvalue weighted by atomic mass is 16.3. The Kier molecular flexibility index (Phi) is 9.68. The van der Waals surface area contributed by atoms with Crippen LogP contribution in [0.2, 0.25) is 0 Å². The zero-order valence-corrected chi connectivity index (χ0v) is 23.4. The van der Waals surface area contributed by atoms with Crippen molar-refractivity contribution in [1.82, 2.24) is 0 Å². The predicted octanol–water partition coefficient (Wildman–Crippen LogP) is 5.64. The van der Waals surface area contributed by atoms with E-state index in [-0.39, 0.29) is 11.2 Å². The number of aliphatic hydroxyl groups is 4.